The second-order valence-corrected chi connectivity index (χ2v) is 4.33. The van der Waals surface area contributed by atoms with Gasteiger partial charge >= 0.3 is 5.97 Å². The molecule has 1 heterocycles. The molecule has 0 N–H and O–H groups in total. The number of hydrogen-bond donors (Lipinski definition) is 0. The summed E-state index contributed by atoms with van der Waals surface area (Å²) in [6, 6.07) is 10.4. The largest absolute Gasteiger partial charge is 0.469 e. The van der Waals surface area contributed by atoms with E-state index in [4.69, 9.17) is 0 Å². The van der Waals surface area contributed by atoms with E-state index in [9.17, 15) is 4.79 Å². The van der Waals surface area contributed by atoms with Gasteiger partial charge in [-0.05, 0) is 11.5 Å². The first-order valence-electron chi connectivity index (χ1n) is 5.61. The summed E-state index contributed by atoms with van der Waals surface area (Å²) in [7, 11) is 1.45. The van der Waals surface area contributed by atoms with Crippen LogP contribution < -0.4 is 0 Å². The van der Waals surface area contributed by atoms with Crippen molar-refractivity contribution < 1.29 is 9.53 Å². The summed E-state index contributed by atoms with van der Waals surface area (Å²) in [4.78, 5) is 13.4. The topological polar surface area (TPSA) is 29.5 Å². The number of likely N-dealkylation sites (tertiary alicyclic amines) is 1. The highest BCUT2D eigenvalue weighted by molar-refractivity contribution is 5.69. The number of ether oxygens (including phenoxy) is 1. The normalized spacial score (nSPS) is 16.8. The molecule has 16 heavy (non-hydrogen) atoms. The average Bonchev–Trinajstić information content (AvgIpc) is 2.27. The minimum atomic E-state index is -0.0932. The van der Waals surface area contributed by atoms with E-state index in [2.05, 4.69) is 33.9 Å². The monoisotopic (exact) mass is 219 g/mol. The van der Waals surface area contributed by atoms with Crippen molar-refractivity contribution in [2.24, 2.45) is 5.92 Å². The summed E-state index contributed by atoms with van der Waals surface area (Å²) in [5.74, 6) is 0.389. The molecule has 1 aromatic rings. The van der Waals surface area contributed by atoms with Gasteiger partial charge in [0.2, 0.25) is 0 Å². The summed E-state index contributed by atoms with van der Waals surface area (Å²) in [6.07, 6.45) is 0.557. The van der Waals surface area contributed by atoms with Crippen LogP contribution in [0.3, 0.4) is 0 Å². The fourth-order valence-corrected chi connectivity index (χ4v) is 2.10. The van der Waals surface area contributed by atoms with E-state index in [1.54, 1.807) is 0 Å². The van der Waals surface area contributed by atoms with Crippen molar-refractivity contribution in [3.05, 3.63) is 35.9 Å². The maximum absolute atomic E-state index is 11.0. The summed E-state index contributed by atoms with van der Waals surface area (Å²) >= 11 is 0. The molecule has 2 rings (SSSR count). The highest BCUT2D eigenvalue weighted by Crippen LogP contribution is 2.21. The Morgan fingerprint density at radius 1 is 1.38 bits per heavy atom. The van der Waals surface area contributed by atoms with Crippen molar-refractivity contribution in [3.63, 3.8) is 0 Å². The van der Waals surface area contributed by atoms with Gasteiger partial charge in [0.15, 0.2) is 0 Å². The van der Waals surface area contributed by atoms with Gasteiger partial charge in [0.1, 0.15) is 0 Å². The van der Waals surface area contributed by atoms with Gasteiger partial charge in [-0.25, -0.2) is 0 Å². The van der Waals surface area contributed by atoms with Gasteiger partial charge < -0.3 is 4.74 Å². The molecule has 0 bridgehead atoms. The summed E-state index contributed by atoms with van der Waals surface area (Å²) in [6.45, 7) is 2.99. The van der Waals surface area contributed by atoms with Crippen LogP contribution in [0.2, 0.25) is 0 Å². The van der Waals surface area contributed by atoms with Crippen LogP contribution in [0.15, 0.2) is 30.3 Å². The molecule has 0 radical (unpaired) electrons. The Morgan fingerprint density at radius 3 is 2.69 bits per heavy atom. The van der Waals surface area contributed by atoms with Crippen LogP contribution in [-0.4, -0.2) is 31.1 Å². The van der Waals surface area contributed by atoms with Crippen molar-refractivity contribution >= 4 is 5.97 Å². The lowest BCUT2D eigenvalue weighted by molar-refractivity contribution is -0.143. The second-order valence-electron chi connectivity index (χ2n) is 4.33. The minimum absolute atomic E-state index is 0.0932. The van der Waals surface area contributed by atoms with Gasteiger partial charge in [0, 0.05) is 19.6 Å². The van der Waals surface area contributed by atoms with Crippen LogP contribution in [0, 0.1) is 5.92 Å². The third kappa shape index (κ3) is 2.83. The van der Waals surface area contributed by atoms with Crippen LogP contribution >= 0.6 is 0 Å². The molecule has 0 amide bonds. The zero-order valence-corrected chi connectivity index (χ0v) is 9.56. The fourth-order valence-electron chi connectivity index (χ4n) is 2.10. The van der Waals surface area contributed by atoms with Gasteiger partial charge in [-0.3, -0.25) is 9.69 Å². The van der Waals surface area contributed by atoms with E-state index in [0.717, 1.165) is 19.6 Å². The molecular weight excluding hydrogens is 202 g/mol. The fraction of sp³-hybridized carbons (Fsp3) is 0.462. The van der Waals surface area contributed by atoms with Crippen molar-refractivity contribution in [2.45, 2.75) is 13.0 Å². The summed E-state index contributed by atoms with van der Waals surface area (Å²) in [5, 5.41) is 0. The van der Waals surface area contributed by atoms with Gasteiger partial charge in [0.25, 0.3) is 0 Å². The van der Waals surface area contributed by atoms with Crippen LogP contribution in [0.4, 0.5) is 0 Å². The lowest BCUT2D eigenvalue weighted by atomic mass is 9.96. The average molecular weight is 219 g/mol. The first kappa shape index (κ1) is 11.1. The van der Waals surface area contributed by atoms with Crippen LogP contribution in [0.1, 0.15) is 12.0 Å². The molecule has 1 saturated heterocycles. The number of benzene rings is 1. The van der Waals surface area contributed by atoms with E-state index >= 15 is 0 Å². The number of hydrogen-bond acceptors (Lipinski definition) is 3. The Hall–Kier alpha value is -1.35. The summed E-state index contributed by atoms with van der Waals surface area (Å²) < 4.78 is 4.65. The third-order valence-corrected chi connectivity index (χ3v) is 2.96. The Kier molecular flexibility index (Phi) is 3.57. The second kappa shape index (κ2) is 5.12. The smallest absolute Gasteiger partial charge is 0.305 e. The van der Waals surface area contributed by atoms with Crippen LogP contribution in [-0.2, 0) is 16.1 Å². The van der Waals surface area contributed by atoms with Crippen molar-refractivity contribution in [2.75, 3.05) is 20.2 Å². The van der Waals surface area contributed by atoms with Crippen molar-refractivity contribution in [1.82, 2.24) is 4.90 Å². The highest BCUT2D eigenvalue weighted by atomic mass is 16.5. The first-order valence-corrected chi connectivity index (χ1v) is 5.61. The quantitative estimate of drug-likeness (QED) is 0.722. The number of esters is 1. The van der Waals surface area contributed by atoms with Gasteiger partial charge in [-0.2, -0.15) is 0 Å². The van der Waals surface area contributed by atoms with E-state index in [1.165, 1.54) is 12.7 Å². The van der Waals surface area contributed by atoms with Crippen LogP contribution in [0.5, 0.6) is 0 Å². The lowest BCUT2D eigenvalue weighted by Gasteiger charge is -2.38. The maximum atomic E-state index is 11.0. The molecule has 1 aromatic carbocycles. The van der Waals surface area contributed by atoms with Gasteiger partial charge in [0.05, 0.1) is 13.5 Å². The molecule has 0 aliphatic carbocycles. The molecule has 0 atom stereocenters. The van der Waals surface area contributed by atoms with E-state index in [0.29, 0.717) is 12.3 Å². The first-order chi connectivity index (χ1) is 7.78. The minimum Gasteiger partial charge on any atom is -0.469 e. The van der Waals surface area contributed by atoms with E-state index < -0.39 is 0 Å². The maximum Gasteiger partial charge on any atom is 0.305 e. The van der Waals surface area contributed by atoms with E-state index in [1.807, 2.05) is 6.07 Å². The summed E-state index contributed by atoms with van der Waals surface area (Å²) in [5.41, 5.74) is 1.33. The number of nitrogens with zero attached hydrogens (tertiary/aromatic N) is 1. The Balaban J connectivity index is 1.71. The Bertz CT molecular complexity index is 344. The predicted molar refractivity (Wildman–Crippen MR) is 61.8 cm³/mol. The molecule has 86 valence electrons. The molecule has 1 aliphatic rings. The number of methoxy groups -OCH3 is 1. The zero-order chi connectivity index (χ0) is 11.4. The van der Waals surface area contributed by atoms with Crippen molar-refractivity contribution in [3.8, 4) is 0 Å². The molecule has 3 nitrogen and oxygen atoms in total. The molecule has 1 fully saturated rings. The van der Waals surface area contributed by atoms with E-state index in [-0.39, 0.29) is 5.97 Å². The molecule has 0 saturated carbocycles. The molecule has 0 unspecified atom stereocenters. The Labute approximate surface area is 96.0 Å². The third-order valence-electron chi connectivity index (χ3n) is 2.96. The SMILES string of the molecule is COC(=O)CC1CN(Cc2ccccc2)C1. The van der Waals surface area contributed by atoms with Crippen molar-refractivity contribution in [1.29, 1.82) is 0 Å². The molecule has 0 spiro atoms. The molecule has 3 heteroatoms. The van der Waals surface area contributed by atoms with Gasteiger partial charge in [-0.15, -0.1) is 0 Å². The van der Waals surface area contributed by atoms with Crippen LogP contribution in [0.25, 0.3) is 0 Å². The van der Waals surface area contributed by atoms with Gasteiger partial charge in [-0.1, -0.05) is 30.3 Å². The Morgan fingerprint density at radius 2 is 2.06 bits per heavy atom. The lowest BCUT2D eigenvalue weighted by Crippen LogP contribution is -2.46. The molecule has 0 aromatic heterocycles. The molecular formula is C13H17NO2. The number of carbonyl (C=O) groups is 1. The molecule has 1 aliphatic heterocycles. The highest BCUT2D eigenvalue weighted by Gasteiger charge is 2.28. The number of carbonyl (C=O) groups excluding carboxylic acids is 1. The number of rotatable bonds is 4. The predicted octanol–water partition coefficient (Wildman–Crippen LogP) is 1.68. The zero-order valence-electron chi connectivity index (χ0n) is 9.56. The standard InChI is InChI=1S/C13H17NO2/c1-16-13(15)7-12-9-14(10-12)8-11-5-3-2-4-6-11/h2-6,12H,7-10H2,1H3.